The van der Waals surface area contributed by atoms with Gasteiger partial charge in [-0.05, 0) is 104 Å². The molecule has 61 heavy (non-hydrogen) atoms. The second kappa shape index (κ2) is 13.5. The smallest absolute Gasteiger partial charge is 0.269 e. The minimum atomic E-state index is -0.782. The van der Waals surface area contributed by atoms with E-state index < -0.39 is 79.2 Å². The molecule has 0 saturated heterocycles. The van der Waals surface area contributed by atoms with Gasteiger partial charge in [-0.3, -0.25) is 4.90 Å². The van der Waals surface area contributed by atoms with Crippen LogP contribution >= 0.6 is 11.3 Å². The first-order valence-corrected chi connectivity index (χ1v) is 20.5. The van der Waals surface area contributed by atoms with Crippen LogP contribution in [0.3, 0.4) is 0 Å². The molecule has 0 N–H and O–H groups in total. The van der Waals surface area contributed by atoms with Crippen LogP contribution in [0.4, 0.5) is 34.3 Å². The van der Waals surface area contributed by atoms with Crippen LogP contribution in [0.1, 0.15) is 19.2 Å². The lowest BCUT2D eigenvalue weighted by atomic mass is 9.36. The number of furan rings is 1. The van der Waals surface area contributed by atoms with Gasteiger partial charge in [0.25, 0.3) is 6.71 Å². The predicted molar refractivity (Wildman–Crippen MR) is 259 cm³/mol. The van der Waals surface area contributed by atoms with Gasteiger partial charge < -0.3 is 9.32 Å². The fraction of sp³-hybridized carbons (Fsp3) is 0. The number of nitrogens with zero attached hydrogens (tertiary/aromatic N) is 2. The van der Waals surface area contributed by atoms with Crippen LogP contribution < -0.4 is 25.5 Å². The van der Waals surface area contributed by atoms with Crippen LogP contribution in [0.5, 0.6) is 0 Å². The molecular weight excluding hydrogens is 760 g/mol. The van der Waals surface area contributed by atoms with Crippen LogP contribution in [-0.4, -0.2) is 6.71 Å². The molecule has 0 spiro atoms. The molecule has 0 amide bonds. The molecule has 4 heterocycles. The highest BCUT2D eigenvalue weighted by atomic mass is 32.1. The summed E-state index contributed by atoms with van der Waals surface area (Å²) in [5.41, 5.74) is 4.02. The van der Waals surface area contributed by atoms with Crippen LogP contribution in [0.15, 0.2) is 216 Å². The summed E-state index contributed by atoms with van der Waals surface area (Å²) in [4.78, 5) is 3.07. The van der Waals surface area contributed by atoms with Crippen LogP contribution in [-0.2, 0) is 0 Å². The van der Waals surface area contributed by atoms with Gasteiger partial charge in [-0.15, -0.1) is 11.3 Å². The SMILES string of the molecule is [2H]c1c([2H])c([2H])c(N2c3cc(-c4c([2H])c([2H])c(-c5cccc6ccccc56)c([2H])c4[2H])cc4c3B(c3sc5ccc(-c6ccccc6)cc5c3N4c3c([2H])c([2H])c([2H])c([2H])c3[2H])c3c2oc2ccccc32)c([2H])c1[2H]. The van der Waals surface area contributed by atoms with Gasteiger partial charge in [0.05, 0.1) is 24.9 Å². The maximum Gasteiger partial charge on any atom is 0.269 e. The van der Waals surface area contributed by atoms with Crippen molar-refractivity contribution in [3.05, 3.63) is 212 Å². The highest BCUT2D eigenvalue weighted by Gasteiger charge is 2.48. The van der Waals surface area contributed by atoms with E-state index in [0.717, 1.165) is 26.6 Å². The lowest BCUT2D eigenvalue weighted by Crippen LogP contribution is -2.60. The van der Waals surface area contributed by atoms with Gasteiger partial charge in [-0.2, -0.15) is 0 Å². The Hall–Kier alpha value is -7.60. The minimum absolute atomic E-state index is 0.0712. The van der Waals surface area contributed by atoms with Crippen LogP contribution in [0.25, 0.3) is 65.2 Å². The second-order valence-electron chi connectivity index (χ2n) is 15.0. The van der Waals surface area contributed by atoms with E-state index in [1.54, 1.807) is 41.3 Å². The van der Waals surface area contributed by atoms with Crippen molar-refractivity contribution in [2.24, 2.45) is 0 Å². The molecular formula is C56H35BN2OS. The molecule has 284 valence electrons. The molecule has 0 aliphatic carbocycles. The molecule has 2 aliphatic heterocycles. The molecule has 11 aromatic rings. The third-order valence-corrected chi connectivity index (χ3v) is 12.9. The van der Waals surface area contributed by atoms with Crippen molar-refractivity contribution in [3.8, 4) is 33.4 Å². The van der Waals surface area contributed by atoms with Gasteiger partial charge >= 0.3 is 0 Å². The van der Waals surface area contributed by atoms with E-state index in [0.29, 0.717) is 43.3 Å². The number of para-hydroxylation sites is 3. The van der Waals surface area contributed by atoms with Gasteiger partial charge in [-0.25, -0.2) is 0 Å². The molecule has 0 saturated carbocycles. The van der Waals surface area contributed by atoms with E-state index in [1.807, 2.05) is 91.0 Å². The summed E-state index contributed by atoms with van der Waals surface area (Å²) in [5.74, 6) is 0.117. The molecule has 13 rings (SSSR count). The molecule has 0 unspecified atom stereocenters. The van der Waals surface area contributed by atoms with Crippen molar-refractivity contribution < 1.29 is 23.6 Å². The molecule has 0 bridgehead atoms. The van der Waals surface area contributed by atoms with Crippen LogP contribution in [0.2, 0.25) is 0 Å². The van der Waals surface area contributed by atoms with Crippen molar-refractivity contribution in [1.29, 1.82) is 0 Å². The fourth-order valence-corrected chi connectivity index (χ4v) is 10.4. The minimum Gasteiger partial charge on any atom is -0.440 e. The molecule has 0 atom stereocenters. The first-order chi connectivity index (χ1) is 36.1. The van der Waals surface area contributed by atoms with Crippen molar-refractivity contribution in [2.45, 2.75) is 0 Å². The molecule has 9 aromatic carbocycles. The summed E-state index contributed by atoms with van der Waals surface area (Å²) in [7, 11) is 0. The standard InChI is InChI=1S/C56H35BN2OS/c1-4-15-36(16-5-1)40-31-32-51-47(33-40)54-55(61-51)57-52-46-24-12-13-26-50(46)60-56(52)59(43-21-8-3-9-22-43)49-35-41(34-48(53(49)57)58(54)42-19-6-2-7-20-42)37-27-29-39(30-28-37)45-25-14-18-38-17-10-11-23-44(38)45/h1-35H/i2D,3D,6D,7D,8D,9D,19D,20D,21D,22D,27D,28D,29D,30D. The van der Waals surface area contributed by atoms with E-state index in [-0.39, 0.29) is 57.4 Å². The summed E-state index contributed by atoms with van der Waals surface area (Å²) in [5, 5.41) is 2.87. The van der Waals surface area contributed by atoms with Crippen molar-refractivity contribution >= 4 is 99.9 Å². The van der Waals surface area contributed by atoms with E-state index in [1.165, 1.54) is 16.2 Å². The van der Waals surface area contributed by atoms with Crippen molar-refractivity contribution in [1.82, 2.24) is 0 Å². The van der Waals surface area contributed by atoms with Crippen LogP contribution in [0, 0.1) is 0 Å². The largest absolute Gasteiger partial charge is 0.440 e. The highest BCUT2D eigenvalue weighted by Crippen LogP contribution is 2.50. The fourth-order valence-electron chi connectivity index (χ4n) is 9.11. The molecule has 3 nitrogen and oxygen atoms in total. The Morgan fingerprint density at radius 1 is 0.475 bits per heavy atom. The number of rotatable bonds is 5. The Bertz CT molecular complexity index is 4260. The van der Waals surface area contributed by atoms with Gasteiger partial charge in [0.15, 0.2) is 0 Å². The lowest BCUT2D eigenvalue weighted by molar-refractivity contribution is 0.623. The number of anilines is 6. The summed E-state index contributed by atoms with van der Waals surface area (Å²) < 4.78 is 138. The molecule has 2 aromatic heterocycles. The molecule has 0 radical (unpaired) electrons. The monoisotopic (exact) mass is 808 g/mol. The average Bonchev–Trinajstić information content (AvgIpc) is 4.01. The third kappa shape index (κ3) is 5.24. The summed E-state index contributed by atoms with van der Waals surface area (Å²) in [6.45, 7) is -0.782. The quantitative estimate of drug-likeness (QED) is 0.162. The van der Waals surface area contributed by atoms with E-state index in [4.69, 9.17) is 12.6 Å². The van der Waals surface area contributed by atoms with E-state index >= 15 is 0 Å². The second-order valence-corrected chi connectivity index (χ2v) is 16.0. The Labute approximate surface area is 377 Å². The molecule has 5 heteroatoms. The highest BCUT2D eigenvalue weighted by molar-refractivity contribution is 7.34. The topological polar surface area (TPSA) is 19.6 Å². The summed E-state index contributed by atoms with van der Waals surface area (Å²) in [6, 6.07) is 31.8. The summed E-state index contributed by atoms with van der Waals surface area (Å²) >= 11 is 1.44. The zero-order valence-electron chi connectivity index (χ0n) is 45.9. The number of thiophene rings is 1. The Balaban J connectivity index is 1.22. The summed E-state index contributed by atoms with van der Waals surface area (Å²) in [6.07, 6.45) is 0. The number of fused-ring (bicyclic) bond motifs is 9. The molecule has 2 aliphatic rings. The van der Waals surface area contributed by atoms with Gasteiger partial charge in [-0.1, -0.05) is 157 Å². The maximum absolute atomic E-state index is 9.81. The zero-order valence-corrected chi connectivity index (χ0v) is 32.7. The average molecular weight is 809 g/mol. The van der Waals surface area contributed by atoms with Gasteiger partial charge in [0.2, 0.25) is 5.88 Å². The van der Waals surface area contributed by atoms with Crippen molar-refractivity contribution in [3.63, 3.8) is 0 Å². The maximum atomic E-state index is 9.81. The normalized spacial score (nSPS) is 16.0. The van der Waals surface area contributed by atoms with Gasteiger partial charge in [0, 0.05) is 48.5 Å². The lowest BCUT2D eigenvalue weighted by Gasteiger charge is -2.41. The molecule has 0 fully saturated rings. The number of benzene rings is 9. The van der Waals surface area contributed by atoms with Crippen molar-refractivity contribution in [2.75, 3.05) is 9.80 Å². The number of hydrogen-bond donors (Lipinski definition) is 0. The Kier molecular flexibility index (Phi) is 5.14. The first kappa shape index (κ1) is 23.3. The Morgan fingerprint density at radius 3 is 1.92 bits per heavy atom. The van der Waals surface area contributed by atoms with E-state index in [9.17, 15) is 11.0 Å². The predicted octanol–water partition coefficient (Wildman–Crippen LogP) is 13.9. The zero-order chi connectivity index (χ0) is 52.2. The number of hydrogen-bond acceptors (Lipinski definition) is 4. The Morgan fingerprint density at radius 2 is 1.13 bits per heavy atom. The third-order valence-electron chi connectivity index (χ3n) is 11.7. The first-order valence-electron chi connectivity index (χ1n) is 26.7. The van der Waals surface area contributed by atoms with Gasteiger partial charge in [0.1, 0.15) is 5.58 Å². The van der Waals surface area contributed by atoms with E-state index in [2.05, 4.69) is 0 Å².